The van der Waals surface area contributed by atoms with Crippen LogP contribution in [0.5, 0.6) is 0 Å². The Bertz CT molecular complexity index is 530. The number of carbonyl (C=O) groups excluding carboxylic acids is 1. The minimum atomic E-state index is 0.137. The Morgan fingerprint density at radius 1 is 1.22 bits per heavy atom. The molecule has 0 spiro atoms. The van der Waals surface area contributed by atoms with Gasteiger partial charge < -0.3 is 16.0 Å². The molecule has 5 nitrogen and oxygen atoms in total. The maximum atomic E-state index is 12.4. The zero-order valence-electron chi connectivity index (χ0n) is 14.2. The van der Waals surface area contributed by atoms with Gasteiger partial charge in [-0.2, -0.15) is 0 Å². The van der Waals surface area contributed by atoms with Crippen LogP contribution in [0.4, 0.5) is 0 Å². The van der Waals surface area contributed by atoms with E-state index in [0.717, 1.165) is 43.6 Å². The Morgan fingerprint density at radius 3 is 2.48 bits per heavy atom. The highest BCUT2D eigenvalue weighted by Crippen LogP contribution is 2.14. The molecular formula is C18H28N4O. The second kappa shape index (κ2) is 8.56. The summed E-state index contributed by atoms with van der Waals surface area (Å²) in [4.78, 5) is 18.7. The van der Waals surface area contributed by atoms with Crippen LogP contribution in [0.1, 0.15) is 49.0 Å². The number of likely N-dealkylation sites (tertiary alicyclic amines) is 1. The highest BCUT2D eigenvalue weighted by Gasteiger charge is 2.17. The number of hydrogen-bond acceptors (Lipinski definition) is 2. The number of piperidine rings is 1. The molecule has 3 N–H and O–H groups in total. The van der Waals surface area contributed by atoms with Gasteiger partial charge in [0.15, 0.2) is 5.96 Å². The molecular weight excluding hydrogens is 288 g/mol. The van der Waals surface area contributed by atoms with Crippen molar-refractivity contribution < 1.29 is 4.79 Å². The average molecular weight is 316 g/mol. The Kier molecular flexibility index (Phi) is 6.44. The van der Waals surface area contributed by atoms with Crippen LogP contribution in [0.15, 0.2) is 29.3 Å². The molecule has 1 aromatic rings. The molecule has 0 bridgehead atoms. The van der Waals surface area contributed by atoms with E-state index in [-0.39, 0.29) is 5.91 Å². The molecule has 1 aliphatic rings. The molecule has 1 saturated heterocycles. The Morgan fingerprint density at radius 2 is 1.87 bits per heavy atom. The van der Waals surface area contributed by atoms with E-state index in [2.05, 4.69) is 24.2 Å². The Labute approximate surface area is 139 Å². The van der Waals surface area contributed by atoms with Crippen LogP contribution in [0, 0.1) is 5.92 Å². The summed E-state index contributed by atoms with van der Waals surface area (Å²) in [5, 5.41) is 3.09. The van der Waals surface area contributed by atoms with E-state index < -0.39 is 0 Å². The molecule has 1 aliphatic heterocycles. The fraction of sp³-hybridized carbons (Fsp3) is 0.556. The molecule has 2 rings (SSSR count). The summed E-state index contributed by atoms with van der Waals surface area (Å²) in [6.07, 6.45) is 3.45. The Hall–Kier alpha value is -2.04. The summed E-state index contributed by atoms with van der Waals surface area (Å²) in [5.74, 6) is 1.13. The maximum absolute atomic E-state index is 12.4. The predicted octanol–water partition coefficient (Wildman–Crippen LogP) is 2.37. The molecule has 0 atom stereocenters. The number of aliphatic imine (C=N–C) groups is 1. The van der Waals surface area contributed by atoms with Gasteiger partial charge in [-0.3, -0.25) is 4.79 Å². The normalized spacial score (nSPS) is 15.8. The van der Waals surface area contributed by atoms with E-state index in [9.17, 15) is 4.79 Å². The van der Waals surface area contributed by atoms with Gasteiger partial charge in [-0.1, -0.05) is 26.0 Å². The summed E-state index contributed by atoms with van der Waals surface area (Å²) in [7, 11) is 0. The molecule has 5 heteroatoms. The van der Waals surface area contributed by atoms with Crippen LogP contribution in [-0.2, 0) is 6.54 Å². The zero-order chi connectivity index (χ0) is 16.7. The first-order valence-corrected chi connectivity index (χ1v) is 8.48. The van der Waals surface area contributed by atoms with Crippen molar-refractivity contribution >= 4 is 11.9 Å². The summed E-state index contributed by atoms with van der Waals surface area (Å²) < 4.78 is 0. The summed E-state index contributed by atoms with van der Waals surface area (Å²) in [6, 6.07) is 7.69. The average Bonchev–Trinajstić information content (AvgIpc) is 2.58. The van der Waals surface area contributed by atoms with Gasteiger partial charge in [-0.05, 0) is 42.9 Å². The van der Waals surface area contributed by atoms with Crippen molar-refractivity contribution in [1.29, 1.82) is 0 Å². The van der Waals surface area contributed by atoms with E-state index in [0.29, 0.717) is 18.4 Å². The fourth-order valence-corrected chi connectivity index (χ4v) is 2.57. The van der Waals surface area contributed by atoms with Crippen molar-refractivity contribution in [2.24, 2.45) is 16.6 Å². The number of carbonyl (C=O) groups is 1. The number of nitrogens with two attached hydrogens (primary N) is 1. The van der Waals surface area contributed by atoms with Crippen LogP contribution in [0.3, 0.4) is 0 Å². The van der Waals surface area contributed by atoms with Crippen LogP contribution >= 0.6 is 0 Å². The number of nitrogens with one attached hydrogen (secondary N) is 1. The highest BCUT2D eigenvalue weighted by atomic mass is 16.2. The smallest absolute Gasteiger partial charge is 0.253 e. The predicted molar refractivity (Wildman–Crippen MR) is 94.4 cm³/mol. The van der Waals surface area contributed by atoms with Crippen LogP contribution in [0.25, 0.3) is 0 Å². The van der Waals surface area contributed by atoms with Crippen molar-refractivity contribution in [3.8, 4) is 0 Å². The van der Waals surface area contributed by atoms with Gasteiger partial charge in [-0.25, -0.2) is 4.99 Å². The first kappa shape index (κ1) is 17.3. The molecule has 1 heterocycles. The maximum Gasteiger partial charge on any atom is 0.253 e. The number of guanidine groups is 1. The minimum Gasteiger partial charge on any atom is -0.370 e. The lowest BCUT2D eigenvalue weighted by molar-refractivity contribution is 0.0724. The highest BCUT2D eigenvalue weighted by molar-refractivity contribution is 5.94. The van der Waals surface area contributed by atoms with E-state index >= 15 is 0 Å². The standard InChI is InChI=1S/C18H28N4O/c1-14(2)12-20-18(19)21-13-15-6-8-16(9-7-15)17(23)22-10-4-3-5-11-22/h6-9,14H,3-5,10-13H2,1-2H3,(H3,19,20,21). The lowest BCUT2D eigenvalue weighted by Gasteiger charge is -2.26. The van der Waals surface area contributed by atoms with E-state index in [1.165, 1.54) is 6.42 Å². The van der Waals surface area contributed by atoms with E-state index in [1.807, 2.05) is 29.2 Å². The third-order valence-electron chi connectivity index (χ3n) is 3.97. The summed E-state index contributed by atoms with van der Waals surface area (Å²) in [6.45, 7) is 7.34. The van der Waals surface area contributed by atoms with Gasteiger partial charge in [0, 0.05) is 25.2 Å². The van der Waals surface area contributed by atoms with Gasteiger partial charge in [0.05, 0.1) is 6.54 Å². The molecule has 0 aromatic heterocycles. The lowest BCUT2D eigenvalue weighted by atomic mass is 10.1. The van der Waals surface area contributed by atoms with E-state index in [1.54, 1.807) is 0 Å². The monoisotopic (exact) mass is 316 g/mol. The third-order valence-corrected chi connectivity index (χ3v) is 3.97. The number of amides is 1. The molecule has 1 fully saturated rings. The van der Waals surface area contributed by atoms with Gasteiger partial charge >= 0.3 is 0 Å². The van der Waals surface area contributed by atoms with Crippen LogP contribution in [0.2, 0.25) is 0 Å². The first-order chi connectivity index (χ1) is 11.1. The number of benzene rings is 1. The molecule has 1 aromatic carbocycles. The second-order valence-electron chi connectivity index (χ2n) is 6.53. The van der Waals surface area contributed by atoms with Gasteiger partial charge in [0.1, 0.15) is 0 Å². The lowest BCUT2D eigenvalue weighted by Crippen LogP contribution is -2.35. The third kappa shape index (κ3) is 5.58. The molecule has 1 amide bonds. The quantitative estimate of drug-likeness (QED) is 0.647. The van der Waals surface area contributed by atoms with Crippen LogP contribution < -0.4 is 11.1 Å². The SMILES string of the molecule is CC(C)CNC(N)=NCc1ccc(C(=O)N2CCCCC2)cc1. The Balaban J connectivity index is 1.88. The van der Waals surface area contributed by atoms with Gasteiger partial charge in [0.2, 0.25) is 0 Å². The molecule has 0 aliphatic carbocycles. The molecule has 126 valence electrons. The number of hydrogen-bond donors (Lipinski definition) is 2. The zero-order valence-corrected chi connectivity index (χ0v) is 14.2. The minimum absolute atomic E-state index is 0.137. The van der Waals surface area contributed by atoms with E-state index in [4.69, 9.17) is 5.73 Å². The fourth-order valence-electron chi connectivity index (χ4n) is 2.57. The van der Waals surface area contributed by atoms with Crippen molar-refractivity contribution in [2.45, 2.75) is 39.7 Å². The molecule has 0 radical (unpaired) electrons. The summed E-state index contributed by atoms with van der Waals surface area (Å²) >= 11 is 0. The second-order valence-corrected chi connectivity index (χ2v) is 6.53. The van der Waals surface area contributed by atoms with Crippen molar-refractivity contribution in [2.75, 3.05) is 19.6 Å². The van der Waals surface area contributed by atoms with Crippen molar-refractivity contribution in [3.05, 3.63) is 35.4 Å². The van der Waals surface area contributed by atoms with Gasteiger partial charge in [-0.15, -0.1) is 0 Å². The summed E-state index contributed by atoms with van der Waals surface area (Å²) in [5.41, 5.74) is 7.63. The van der Waals surface area contributed by atoms with Crippen molar-refractivity contribution in [3.63, 3.8) is 0 Å². The molecule has 0 unspecified atom stereocenters. The number of nitrogens with zero attached hydrogens (tertiary/aromatic N) is 2. The van der Waals surface area contributed by atoms with Crippen LogP contribution in [-0.4, -0.2) is 36.4 Å². The molecule has 23 heavy (non-hydrogen) atoms. The number of rotatable bonds is 5. The topological polar surface area (TPSA) is 70.7 Å². The van der Waals surface area contributed by atoms with Crippen molar-refractivity contribution in [1.82, 2.24) is 10.2 Å². The first-order valence-electron chi connectivity index (χ1n) is 8.48. The largest absolute Gasteiger partial charge is 0.370 e. The molecule has 0 saturated carbocycles. The van der Waals surface area contributed by atoms with Gasteiger partial charge in [0.25, 0.3) is 5.91 Å².